The molecule has 0 aliphatic heterocycles. The molecule has 0 aromatic heterocycles. The molecule has 1 atom stereocenters. The fraction of sp³-hybridized carbons (Fsp3) is 0.600. The van der Waals surface area contributed by atoms with Crippen LogP contribution < -0.4 is 0 Å². The standard InChI is InChI=1S/C10H18O5Si/c1-6-7-13-10(12)14-8(2)9(11)15-16(3,4)5/h6-8H,1-5H3. The van der Waals surface area contributed by atoms with E-state index in [1.54, 1.807) is 6.92 Å². The van der Waals surface area contributed by atoms with Crippen molar-refractivity contribution in [2.45, 2.75) is 39.6 Å². The second-order valence-electron chi connectivity index (χ2n) is 4.13. The Hall–Kier alpha value is -1.30. The lowest BCUT2D eigenvalue weighted by Gasteiger charge is -2.20. The van der Waals surface area contributed by atoms with Crippen molar-refractivity contribution in [2.24, 2.45) is 0 Å². The Labute approximate surface area is 96.5 Å². The number of allylic oxidation sites excluding steroid dienone is 1. The van der Waals surface area contributed by atoms with Crippen molar-refractivity contribution >= 4 is 20.4 Å². The van der Waals surface area contributed by atoms with E-state index in [9.17, 15) is 9.59 Å². The van der Waals surface area contributed by atoms with E-state index in [2.05, 4.69) is 4.74 Å². The van der Waals surface area contributed by atoms with Gasteiger partial charge in [-0.2, -0.15) is 0 Å². The predicted molar refractivity (Wildman–Crippen MR) is 61.3 cm³/mol. The van der Waals surface area contributed by atoms with Crippen LogP contribution in [0.1, 0.15) is 13.8 Å². The number of rotatable bonds is 4. The normalized spacial score (nSPS) is 13.3. The molecule has 16 heavy (non-hydrogen) atoms. The molecule has 0 rings (SSSR count). The van der Waals surface area contributed by atoms with Gasteiger partial charge in [-0.3, -0.25) is 0 Å². The van der Waals surface area contributed by atoms with Crippen LogP contribution in [0, 0.1) is 0 Å². The van der Waals surface area contributed by atoms with Gasteiger partial charge < -0.3 is 13.9 Å². The van der Waals surface area contributed by atoms with Gasteiger partial charge in [0, 0.05) is 0 Å². The molecule has 0 fully saturated rings. The average molecular weight is 246 g/mol. The summed E-state index contributed by atoms with van der Waals surface area (Å²) >= 11 is 0. The van der Waals surface area contributed by atoms with Crippen molar-refractivity contribution in [1.29, 1.82) is 0 Å². The first-order chi connectivity index (χ1) is 7.26. The minimum atomic E-state index is -1.96. The van der Waals surface area contributed by atoms with Crippen LogP contribution in [0.2, 0.25) is 19.6 Å². The van der Waals surface area contributed by atoms with Crippen LogP contribution >= 0.6 is 0 Å². The van der Waals surface area contributed by atoms with Crippen molar-refractivity contribution in [3.8, 4) is 0 Å². The van der Waals surface area contributed by atoms with Crippen molar-refractivity contribution < 1.29 is 23.5 Å². The van der Waals surface area contributed by atoms with Crippen molar-refractivity contribution in [1.82, 2.24) is 0 Å². The van der Waals surface area contributed by atoms with Gasteiger partial charge in [-0.15, -0.1) is 0 Å². The highest BCUT2D eigenvalue weighted by atomic mass is 28.4. The molecule has 0 aromatic carbocycles. The number of hydrogen-bond donors (Lipinski definition) is 0. The Kier molecular flexibility index (Phi) is 5.80. The third-order valence-corrected chi connectivity index (χ3v) is 2.13. The highest BCUT2D eigenvalue weighted by molar-refractivity contribution is 6.71. The lowest BCUT2D eigenvalue weighted by Crippen LogP contribution is -2.36. The van der Waals surface area contributed by atoms with Crippen LogP contribution in [-0.4, -0.2) is 26.5 Å². The van der Waals surface area contributed by atoms with E-state index < -0.39 is 26.5 Å². The zero-order valence-corrected chi connectivity index (χ0v) is 11.3. The molecule has 1 unspecified atom stereocenters. The number of carbonyl (C=O) groups excluding carboxylic acids is 2. The maximum atomic E-state index is 11.4. The van der Waals surface area contributed by atoms with Gasteiger partial charge in [-0.1, -0.05) is 6.08 Å². The van der Waals surface area contributed by atoms with Crippen molar-refractivity contribution in [2.75, 3.05) is 0 Å². The fourth-order valence-electron chi connectivity index (χ4n) is 0.729. The van der Waals surface area contributed by atoms with Crippen LogP contribution in [0.5, 0.6) is 0 Å². The largest absolute Gasteiger partial charge is 0.517 e. The first-order valence-electron chi connectivity index (χ1n) is 4.97. The summed E-state index contributed by atoms with van der Waals surface area (Å²) in [4.78, 5) is 22.4. The van der Waals surface area contributed by atoms with Gasteiger partial charge in [0.1, 0.15) is 0 Å². The van der Waals surface area contributed by atoms with Gasteiger partial charge in [0.15, 0.2) is 6.10 Å². The molecule has 6 heteroatoms. The molecule has 92 valence electrons. The number of hydrogen-bond acceptors (Lipinski definition) is 5. The van der Waals surface area contributed by atoms with E-state index >= 15 is 0 Å². The lowest BCUT2D eigenvalue weighted by atomic mass is 10.4. The second kappa shape index (κ2) is 6.32. The van der Waals surface area contributed by atoms with Gasteiger partial charge >= 0.3 is 12.1 Å². The molecule has 0 heterocycles. The smallest absolute Gasteiger partial charge is 0.514 e. The van der Waals surface area contributed by atoms with Gasteiger partial charge in [-0.25, -0.2) is 9.59 Å². The maximum absolute atomic E-state index is 11.4. The fourth-order valence-corrected chi connectivity index (χ4v) is 1.50. The second-order valence-corrected chi connectivity index (χ2v) is 8.56. The molecule has 0 amide bonds. The van der Waals surface area contributed by atoms with Crippen LogP contribution in [0.25, 0.3) is 0 Å². The molecule has 5 nitrogen and oxygen atoms in total. The summed E-state index contributed by atoms with van der Waals surface area (Å²) < 4.78 is 14.4. The average Bonchev–Trinajstić information content (AvgIpc) is 2.11. The number of ether oxygens (including phenoxy) is 2. The molecule has 0 saturated heterocycles. The third kappa shape index (κ3) is 7.05. The first kappa shape index (κ1) is 14.7. The molecule has 0 aliphatic carbocycles. The van der Waals surface area contributed by atoms with Crippen LogP contribution in [0.15, 0.2) is 12.3 Å². The van der Waals surface area contributed by atoms with Crippen LogP contribution in [-0.2, 0) is 18.7 Å². The van der Waals surface area contributed by atoms with Gasteiger partial charge in [0.05, 0.1) is 6.26 Å². The predicted octanol–water partition coefficient (Wildman–Crippen LogP) is 2.44. The highest BCUT2D eigenvalue weighted by Crippen LogP contribution is 2.07. The SMILES string of the molecule is CC=COC(=O)OC(C)C(=O)O[Si](C)(C)C. The van der Waals surface area contributed by atoms with Gasteiger partial charge in [-0.05, 0) is 33.5 Å². The topological polar surface area (TPSA) is 61.8 Å². The maximum Gasteiger partial charge on any atom is 0.514 e. The zero-order valence-electron chi connectivity index (χ0n) is 10.3. The molecule has 0 radical (unpaired) electrons. The lowest BCUT2D eigenvalue weighted by molar-refractivity contribution is -0.144. The van der Waals surface area contributed by atoms with Crippen molar-refractivity contribution in [3.63, 3.8) is 0 Å². The Balaban J connectivity index is 4.10. The molecule has 0 N–H and O–H groups in total. The van der Waals surface area contributed by atoms with E-state index in [-0.39, 0.29) is 0 Å². The molecule has 0 saturated carbocycles. The molecule has 0 aliphatic rings. The minimum Gasteiger partial charge on any atom is -0.517 e. The van der Waals surface area contributed by atoms with E-state index in [1.807, 2.05) is 19.6 Å². The minimum absolute atomic E-state index is 0.545. The summed E-state index contributed by atoms with van der Waals surface area (Å²) in [6, 6.07) is 0. The van der Waals surface area contributed by atoms with E-state index in [1.165, 1.54) is 19.3 Å². The summed E-state index contributed by atoms with van der Waals surface area (Å²) in [5, 5.41) is 0. The summed E-state index contributed by atoms with van der Waals surface area (Å²) in [7, 11) is -1.96. The Morgan fingerprint density at radius 3 is 2.25 bits per heavy atom. The summed E-state index contributed by atoms with van der Waals surface area (Å²) in [5.74, 6) is -0.545. The number of carbonyl (C=O) groups is 2. The van der Waals surface area contributed by atoms with Gasteiger partial charge in [0.2, 0.25) is 8.32 Å². The monoisotopic (exact) mass is 246 g/mol. The van der Waals surface area contributed by atoms with E-state index in [0.717, 1.165) is 0 Å². The van der Waals surface area contributed by atoms with Crippen LogP contribution in [0.3, 0.4) is 0 Å². The van der Waals surface area contributed by atoms with E-state index in [4.69, 9.17) is 9.16 Å². The zero-order chi connectivity index (χ0) is 12.8. The molecular weight excluding hydrogens is 228 g/mol. The molecular formula is C10H18O5Si. The first-order valence-corrected chi connectivity index (χ1v) is 8.38. The Morgan fingerprint density at radius 1 is 1.25 bits per heavy atom. The summed E-state index contributed by atoms with van der Waals surface area (Å²) in [6.07, 6.45) is 0.841. The molecule has 0 aromatic rings. The molecule has 0 spiro atoms. The Morgan fingerprint density at radius 2 is 1.81 bits per heavy atom. The van der Waals surface area contributed by atoms with Gasteiger partial charge in [0.25, 0.3) is 0 Å². The van der Waals surface area contributed by atoms with Crippen LogP contribution in [0.4, 0.5) is 4.79 Å². The highest BCUT2D eigenvalue weighted by Gasteiger charge is 2.26. The Bertz CT molecular complexity index is 279. The summed E-state index contributed by atoms with van der Waals surface area (Å²) in [5.41, 5.74) is 0. The quantitative estimate of drug-likeness (QED) is 0.433. The van der Waals surface area contributed by atoms with Crippen molar-refractivity contribution in [3.05, 3.63) is 12.3 Å². The summed E-state index contributed by atoms with van der Waals surface area (Å²) in [6.45, 7) is 8.75. The van der Waals surface area contributed by atoms with E-state index in [0.29, 0.717) is 0 Å². The molecule has 0 bridgehead atoms. The third-order valence-electron chi connectivity index (χ3n) is 1.31.